The molecule has 1 saturated heterocycles. The number of pyridine rings is 6. The number of methoxy groups -OCH3 is 2. The largest absolute Gasteiger partial charge is 0.586 e. The molecule has 3 aromatic carbocycles. The number of amides is 3. The van der Waals surface area contributed by atoms with Gasteiger partial charge in [-0.15, -0.1) is 48.1 Å². The van der Waals surface area contributed by atoms with Gasteiger partial charge in [0.25, 0.3) is 0 Å². The summed E-state index contributed by atoms with van der Waals surface area (Å²) in [5.41, 5.74) is 4.88. The monoisotopic (exact) mass is 1800 g/mol. The highest BCUT2D eigenvalue weighted by atomic mass is 127. The second-order valence-electron chi connectivity index (χ2n) is 29.7. The lowest BCUT2D eigenvalue weighted by Gasteiger charge is -2.32. The molecule has 608 valence electrons. The van der Waals surface area contributed by atoms with E-state index >= 15 is 0 Å². The van der Waals surface area contributed by atoms with Gasteiger partial charge in [-0.2, -0.15) is 0 Å². The van der Waals surface area contributed by atoms with E-state index in [1.165, 1.54) is 55.8 Å². The van der Waals surface area contributed by atoms with Crippen molar-refractivity contribution in [2.24, 2.45) is 0 Å². The Morgan fingerprint density at radius 3 is 1.23 bits per heavy atom. The number of nitrogens with zero attached hydrogens (tertiary/aromatic N) is 5. The smallest absolute Gasteiger partial charge is 0.481 e. The number of alkyl halides is 9. The van der Waals surface area contributed by atoms with Gasteiger partial charge in [-0.25, -0.2) is 24.9 Å². The number of H-pyrrole nitrogens is 1. The fourth-order valence-electron chi connectivity index (χ4n) is 12.2. The molecule has 23 nitrogen and oxygen atoms in total. The predicted octanol–water partition coefficient (Wildman–Crippen LogP) is 18.2. The van der Waals surface area contributed by atoms with Gasteiger partial charge in [-0.3, -0.25) is 19.2 Å². The van der Waals surface area contributed by atoms with Gasteiger partial charge >= 0.3 is 26.0 Å². The number of ether oxygens (including phenoxy) is 8. The molecule has 9 aromatic rings. The summed E-state index contributed by atoms with van der Waals surface area (Å²) in [5, 5.41) is 8.84. The number of rotatable bonds is 14. The van der Waals surface area contributed by atoms with Crippen LogP contribution in [-0.4, -0.2) is 109 Å². The van der Waals surface area contributed by atoms with Crippen molar-refractivity contribution in [3.8, 4) is 68.8 Å². The van der Waals surface area contributed by atoms with E-state index < -0.39 is 45.0 Å². The Hall–Kier alpha value is -9.16. The van der Waals surface area contributed by atoms with Crippen molar-refractivity contribution in [2.45, 2.75) is 164 Å². The van der Waals surface area contributed by atoms with E-state index in [1.54, 1.807) is 74.1 Å². The number of nitrogens with one attached hydrogen (secondary N) is 4. The first-order valence-electron chi connectivity index (χ1n) is 35.7. The molecule has 3 aliphatic carbocycles. The van der Waals surface area contributed by atoms with Crippen molar-refractivity contribution in [3.05, 3.63) is 194 Å². The van der Waals surface area contributed by atoms with Crippen LogP contribution in [0.25, 0.3) is 22.5 Å². The molecule has 4 N–H and O–H groups in total. The summed E-state index contributed by atoms with van der Waals surface area (Å²) >= 11 is 23.0. The van der Waals surface area contributed by atoms with E-state index in [2.05, 4.69) is 116 Å². The molecule has 3 amide bonds. The number of benzene rings is 3. The third-order valence-electron chi connectivity index (χ3n) is 19.4. The van der Waals surface area contributed by atoms with Crippen molar-refractivity contribution in [2.75, 3.05) is 30.2 Å². The molecule has 6 aromatic heterocycles. The van der Waals surface area contributed by atoms with Crippen LogP contribution in [0.4, 0.5) is 43.8 Å². The maximum Gasteiger partial charge on any atom is 0.586 e. The number of fused-ring (bicyclic) bond motifs is 3. The van der Waals surface area contributed by atoms with Crippen LogP contribution < -0.4 is 64.9 Å². The Morgan fingerprint density at radius 1 is 0.513 bits per heavy atom. The lowest BCUT2D eigenvalue weighted by Crippen LogP contribution is -2.41. The molecule has 0 unspecified atom stereocenters. The van der Waals surface area contributed by atoms with Crippen LogP contribution in [0.5, 0.6) is 46.3 Å². The summed E-state index contributed by atoms with van der Waals surface area (Å²) in [6.07, 6.45) is -2.70. The molecular formula is C79H79BCl4F6IN9O14Si. The highest BCUT2D eigenvalue weighted by Gasteiger charge is 2.57. The molecular weight excluding hydrogens is 1720 g/mol. The molecule has 36 heteroatoms. The van der Waals surface area contributed by atoms with Gasteiger partial charge in [-0.1, -0.05) is 84.2 Å². The predicted molar refractivity (Wildman–Crippen MR) is 434 cm³/mol. The quantitative estimate of drug-likeness (QED) is 0.0197. The number of hydrogen-bond donors (Lipinski definition) is 4. The van der Waals surface area contributed by atoms with Crippen molar-refractivity contribution in [1.29, 1.82) is 0 Å². The Bertz CT molecular complexity index is 5190. The van der Waals surface area contributed by atoms with Crippen LogP contribution in [0.1, 0.15) is 105 Å². The van der Waals surface area contributed by atoms with Gasteiger partial charge in [0.2, 0.25) is 35.0 Å². The number of anilines is 3. The highest BCUT2D eigenvalue weighted by Crippen LogP contribution is 2.56. The second-order valence-corrected chi connectivity index (χ2v) is 45.9. The molecule has 0 atom stereocenters. The summed E-state index contributed by atoms with van der Waals surface area (Å²) in [5.74, 6) is 0.958. The summed E-state index contributed by atoms with van der Waals surface area (Å²) in [6.45, 7) is 22.6. The summed E-state index contributed by atoms with van der Waals surface area (Å²) in [6, 6.07) is 32.7. The minimum atomic E-state index is -3.71. The van der Waals surface area contributed by atoms with Crippen molar-refractivity contribution in [1.82, 2.24) is 29.9 Å². The summed E-state index contributed by atoms with van der Waals surface area (Å²) < 4.78 is 128. The number of carbonyl (C=O) groups excluding carboxylic acids is 3. The number of aryl methyl sites for hydroxylation is 3. The Morgan fingerprint density at radius 2 is 0.870 bits per heavy atom. The van der Waals surface area contributed by atoms with E-state index in [4.69, 9.17) is 65.2 Å². The van der Waals surface area contributed by atoms with Gasteiger partial charge in [0.15, 0.2) is 38.8 Å². The second kappa shape index (κ2) is 33.8. The molecule has 4 fully saturated rings. The van der Waals surface area contributed by atoms with Crippen LogP contribution in [0.2, 0.25) is 24.8 Å². The maximum absolute atomic E-state index is 13.3. The molecule has 7 aliphatic rings. The molecule has 3 saturated carbocycles. The van der Waals surface area contributed by atoms with Crippen molar-refractivity contribution < 1.29 is 87.9 Å². The zero-order valence-electron chi connectivity index (χ0n) is 64.3. The van der Waals surface area contributed by atoms with E-state index in [0.717, 1.165) is 33.3 Å². The Labute approximate surface area is 692 Å². The van der Waals surface area contributed by atoms with Gasteiger partial charge in [0.05, 0.1) is 53.1 Å². The molecule has 0 radical (unpaired) electrons. The van der Waals surface area contributed by atoms with Crippen LogP contribution in [0, 0.1) is 27.7 Å². The van der Waals surface area contributed by atoms with Gasteiger partial charge in [0, 0.05) is 47.9 Å². The SMILES string of the molecule is COc1cc(-c2cc(C)cc(NC(=O)C3(c4ccc5c(c4)OC(F)(F)O5)CC3)n2)ccn1.COc1cc(B2OC(C)(C)C(C)(C)O2)ccn1.C[Si](C)(C)I.Cc1cc(NC(=O)C2(c3ccc4c(c3)OC(F)(F)O4)CC2)nc(-c2cc[nH]c(=O)c2)c1.Cc1cc(NC(=O)C2(c3ccc4c(c3)OC(F)(F)O4)CC2)nc(Cl)c1C.ClC(Cl)Cl. The van der Waals surface area contributed by atoms with Crippen LogP contribution in [0.15, 0.2) is 145 Å². The third-order valence-corrected chi connectivity index (χ3v) is 19.7. The van der Waals surface area contributed by atoms with Crippen LogP contribution in [-0.2, 0) is 39.9 Å². The number of carbonyl (C=O) groups is 3. The lowest BCUT2D eigenvalue weighted by molar-refractivity contribution is -0.287. The highest BCUT2D eigenvalue weighted by molar-refractivity contribution is 14.1. The minimum Gasteiger partial charge on any atom is -0.481 e. The number of aromatic nitrogens is 6. The molecule has 0 bridgehead atoms. The van der Waals surface area contributed by atoms with Crippen LogP contribution >= 0.6 is 68.2 Å². The fourth-order valence-corrected chi connectivity index (χ4v) is 12.5. The Kier molecular flexibility index (Phi) is 25.5. The van der Waals surface area contributed by atoms with E-state index in [1.807, 2.05) is 79.7 Å². The molecule has 4 aliphatic heterocycles. The number of hydrogen-bond acceptors (Lipinski definition) is 19. The average Bonchev–Trinajstić information content (AvgIpc) is 1.60. The van der Waals surface area contributed by atoms with Crippen molar-refractivity contribution >= 4 is 122 Å². The minimum absolute atomic E-state index is 0.0439. The standard InChI is InChI=1S/C23H19F2N3O4.C22H17F2N3O4.C18H15ClF2N2O3.C12H18BNO3.C3H9ISi.CHCl3/c1-13-9-16(14-5-8-26-20(11-14)30-2)27-19(10-13)28-21(29)22(6-7-22)15-3-4-17-18(12-15)32-23(24,25)31-17;1-12-8-15(13-4-7-25-19(28)10-13)26-18(9-12)27-20(29)21(5-6-21)14-2-3-16-17(11-14)31-22(23,24)30-16;1-9-7-14(22-15(19)10(9)2)23-16(24)17(5-6-17)11-3-4-12-13(8-11)26-18(20,21)25-12;1-11(2)12(3,4)17-13(16-11)9-6-7-14-10(8-9)15-5;1-5(2,3)4;2-1(3)4/h3-5,8-12H,6-7H2,1-2H3,(H,27,28,29);2-4,7-11H,5-6H2,1H3,(H,25,28)(H,26,27,29);3-4,7-8H,5-6H2,1-2H3,(H,22,23,24);6-8H,1-5H3;1-3H3;1H. The first kappa shape index (κ1) is 86.7. The zero-order valence-corrected chi connectivity index (χ0v) is 70.5. The van der Waals surface area contributed by atoms with E-state index in [0.29, 0.717) is 107 Å². The zero-order chi connectivity index (χ0) is 83.8. The first-order chi connectivity index (χ1) is 53.8. The Balaban J connectivity index is 0.000000148. The number of halogens is 11. The topological polar surface area (TPSA) is 277 Å². The van der Waals surface area contributed by atoms with Gasteiger partial charge < -0.3 is 68.1 Å². The van der Waals surface area contributed by atoms with E-state index in [9.17, 15) is 45.5 Å². The third kappa shape index (κ3) is 21.4. The van der Waals surface area contributed by atoms with Crippen LogP contribution in [0.3, 0.4) is 0 Å². The van der Waals surface area contributed by atoms with Gasteiger partial charge in [-0.05, 0) is 223 Å². The summed E-state index contributed by atoms with van der Waals surface area (Å²) in [4.78, 5) is 74.7. The van der Waals surface area contributed by atoms with Crippen molar-refractivity contribution in [3.63, 3.8) is 0 Å². The number of aromatic amines is 1. The molecule has 10 heterocycles. The van der Waals surface area contributed by atoms with Gasteiger partial charge in [0.1, 0.15) is 28.2 Å². The first-order valence-corrected chi connectivity index (χ1v) is 44.0. The lowest BCUT2D eigenvalue weighted by atomic mass is 9.80. The molecule has 16 rings (SSSR count). The van der Waals surface area contributed by atoms with E-state index in [-0.39, 0.29) is 76.1 Å². The summed E-state index contributed by atoms with van der Waals surface area (Å²) in [7, 11) is 2.77. The molecule has 115 heavy (non-hydrogen) atoms. The fraction of sp³-hybridized carbons (Fsp3) is 0.354. The maximum atomic E-state index is 13.3. The molecule has 0 spiro atoms. The average molecular weight is 1800 g/mol. The normalized spacial score (nSPS) is 17.6.